The van der Waals surface area contributed by atoms with Crippen molar-refractivity contribution in [2.45, 2.75) is 78.1 Å². The Bertz CT molecular complexity index is 837. The summed E-state index contributed by atoms with van der Waals surface area (Å²) in [6.45, 7) is 8.51. The fraction of sp³-hybridized carbons (Fsp3) is 0.864. The highest BCUT2D eigenvalue weighted by Crippen LogP contribution is 2.65. The van der Waals surface area contributed by atoms with Gasteiger partial charge in [0.15, 0.2) is 0 Å². The molecule has 31 heavy (non-hydrogen) atoms. The van der Waals surface area contributed by atoms with Crippen LogP contribution < -0.4 is 0 Å². The molecule has 0 radical (unpaired) electrons. The van der Waals surface area contributed by atoms with Gasteiger partial charge in [0.25, 0.3) is 0 Å². The summed E-state index contributed by atoms with van der Waals surface area (Å²) in [6, 6.07) is 0. The van der Waals surface area contributed by atoms with E-state index in [4.69, 9.17) is 4.74 Å². The Kier molecular flexibility index (Phi) is 6.51. The molecule has 3 aliphatic carbocycles. The monoisotopic (exact) mass is 466 g/mol. The molecule has 2 saturated carbocycles. The maximum Gasteiger partial charge on any atom is 0.534 e. The van der Waals surface area contributed by atoms with Crippen LogP contribution in [-0.2, 0) is 23.8 Å². The summed E-state index contributed by atoms with van der Waals surface area (Å²) in [4.78, 5) is 11.8. The summed E-state index contributed by atoms with van der Waals surface area (Å²) in [6.07, 6.45) is 6.42. The first-order valence-electron chi connectivity index (χ1n) is 11.3. The second-order valence-electron chi connectivity index (χ2n) is 9.58. The van der Waals surface area contributed by atoms with Gasteiger partial charge >= 0.3 is 21.6 Å². The third-order valence-electron chi connectivity index (χ3n) is 8.37. The fourth-order valence-corrected chi connectivity index (χ4v) is 7.25. The van der Waals surface area contributed by atoms with Gasteiger partial charge in [-0.1, -0.05) is 27.7 Å². The molecule has 5 nitrogen and oxygen atoms in total. The zero-order valence-corrected chi connectivity index (χ0v) is 19.4. The molecule has 4 aliphatic rings. The largest absolute Gasteiger partial charge is 0.534 e. The van der Waals surface area contributed by atoms with Crippen molar-refractivity contribution in [2.24, 2.45) is 34.5 Å². The molecule has 6 unspecified atom stereocenters. The summed E-state index contributed by atoms with van der Waals surface area (Å²) in [5, 5.41) is 0. The maximum absolute atomic E-state index is 12.8. The molecule has 1 heterocycles. The van der Waals surface area contributed by atoms with Gasteiger partial charge < -0.3 is 8.92 Å². The summed E-state index contributed by atoms with van der Waals surface area (Å²) in [7, 11) is -5.66. The van der Waals surface area contributed by atoms with Crippen molar-refractivity contribution in [3.63, 3.8) is 0 Å². The van der Waals surface area contributed by atoms with Gasteiger partial charge in [0.05, 0.1) is 6.61 Å². The molecular weight excluding hydrogens is 433 g/mol. The van der Waals surface area contributed by atoms with Crippen LogP contribution >= 0.6 is 0 Å². The quantitative estimate of drug-likeness (QED) is 0.302. The molecule has 178 valence electrons. The molecule has 4 rings (SSSR count). The van der Waals surface area contributed by atoms with Crippen molar-refractivity contribution < 1.29 is 35.3 Å². The lowest BCUT2D eigenvalue weighted by Crippen LogP contribution is -2.52. The number of fused-ring (bicyclic) bond motifs is 5. The molecule has 0 bridgehead atoms. The van der Waals surface area contributed by atoms with E-state index in [0.29, 0.717) is 37.7 Å². The summed E-state index contributed by atoms with van der Waals surface area (Å²) < 4.78 is 71.7. The van der Waals surface area contributed by atoms with E-state index >= 15 is 0 Å². The Morgan fingerprint density at radius 2 is 1.77 bits per heavy atom. The van der Waals surface area contributed by atoms with E-state index in [0.717, 1.165) is 25.7 Å². The lowest BCUT2D eigenvalue weighted by molar-refractivity contribution is -0.144. The topological polar surface area (TPSA) is 69.7 Å². The van der Waals surface area contributed by atoms with Crippen molar-refractivity contribution in [3.8, 4) is 0 Å². The van der Waals surface area contributed by atoms with Crippen LogP contribution in [-0.4, -0.2) is 26.5 Å². The third kappa shape index (κ3) is 4.00. The van der Waals surface area contributed by atoms with Crippen molar-refractivity contribution in [2.75, 3.05) is 6.61 Å². The van der Waals surface area contributed by atoms with Gasteiger partial charge in [-0.25, -0.2) is 0 Å². The molecule has 0 spiro atoms. The van der Waals surface area contributed by atoms with Crippen LogP contribution in [0.1, 0.15) is 72.6 Å². The number of halogens is 3. The SMILES string of the molecule is CC.CC12CCC3C(CCC4COC(=O)CCC43C)C1CC=C2OS(=O)(=O)C(F)(F)F. The Balaban J connectivity index is 0.00000132. The molecule has 1 aliphatic heterocycles. The molecular formula is C22H33F3O5S. The Morgan fingerprint density at radius 3 is 2.42 bits per heavy atom. The first kappa shape index (κ1) is 24.4. The van der Waals surface area contributed by atoms with Crippen molar-refractivity contribution >= 4 is 16.1 Å². The number of hydrogen-bond acceptors (Lipinski definition) is 5. The van der Waals surface area contributed by atoms with Gasteiger partial charge in [-0.05, 0) is 73.7 Å². The number of rotatable bonds is 2. The number of carbonyl (C=O) groups excluding carboxylic acids is 1. The molecule has 9 heteroatoms. The van der Waals surface area contributed by atoms with E-state index in [1.807, 2.05) is 20.8 Å². The Hall–Kier alpha value is -1.25. The van der Waals surface area contributed by atoms with Crippen LogP contribution in [0.25, 0.3) is 0 Å². The van der Waals surface area contributed by atoms with Crippen molar-refractivity contribution in [1.82, 2.24) is 0 Å². The number of alkyl halides is 3. The molecule has 0 N–H and O–H groups in total. The normalized spacial score (nSPS) is 40.1. The van der Waals surface area contributed by atoms with Crippen LogP contribution in [0.3, 0.4) is 0 Å². The van der Waals surface area contributed by atoms with E-state index in [1.165, 1.54) is 0 Å². The minimum Gasteiger partial charge on any atom is -0.465 e. The lowest BCUT2D eigenvalue weighted by atomic mass is 9.47. The molecule has 3 fully saturated rings. The average molecular weight is 467 g/mol. The molecule has 1 saturated heterocycles. The number of cyclic esters (lactones) is 1. The van der Waals surface area contributed by atoms with E-state index in [1.54, 1.807) is 6.08 Å². The van der Waals surface area contributed by atoms with Gasteiger partial charge in [-0.3, -0.25) is 4.79 Å². The highest BCUT2D eigenvalue weighted by molar-refractivity contribution is 7.87. The van der Waals surface area contributed by atoms with Crippen LogP contribution in [0, 0.1) is 34.5 Å². The summed E-state index contributed by atoms with van der Waals surface area (Å²) in [5.74, 6) is 0.765. The number of allylic oxidation sites excluding steroid dienone is 2. The predicted molar refractivity (Wildman–Crippen MR) is 109 cm³/mol. The van der Waals surface area contributed by atoms with Crippen LogP contribution in [0.15, 0.2) is 11.8 Å². The maximum atomic E-state index is 12.8. The zero-order valence-electron chi connectivity index (χ0n) is 18.6. The Labute approximate surface area is 182 Å². The number of ether oxygens (including phenoxy) is 1. The van der Waals surface area contributed by atoms with Gasteiger partial charge in [0, 0.05) is 11.8 Å². The molecule has 0 amide bonds. The minimum atomic E-state index is -5.66. The van der Waals surface area contributed by atoms with Gasteiger partial charge in [-0.15, -0.1) is 0 Å². The van der Waals surface area contributed by atoms with Crippen LogP contribution in [0.2, 0.25) is 0 Å². The fourth-order valence-electron chi connectivity index (χ4n) is 6.66. The molecule has 0 aromatic heterocycles. The summed E-state index contributed by atoms with van der Waals surface area (Å²) >= 11 is 0. The van der Waals surface area contributed by atoms with E-state index < -0.39 is 21.0 Å². The lowest BCUT2D eigenvalue weighted by Gasteiger charge is -2.58. The van der Waals surface area contributed by atoms with Crippen LogP contribution in [0.4, 0.5) is 13.2 Å². The highest BCUT2D eigenvalue weighted by Gasteiger charge is 2.60. The van der Waals surface area contributed by atoms with Gasteiger partial charge in [0.2, 0.25) is 0 Å². The first-order chi connectivity index (χ1) is 14.4. The number of carbonyl (C=O) groups is 1. The number of hydrogen-bond donors (Lipinski definition) is 0. The van der Waals surface area contributed by atoms with Gasteiger partial charge in [-0.2, -0.15) is 21.6 Å². The minimum absolute atomic E-state index is 0.0436. The smallest absolute Gasteiger partial charge is 0.465 e. The molecule has 0 aromatic rings. The molecule has 0 aromatic carbocycles. The zero-order chi connectivity index (χ0) is 23.2. The second-order valence-corrected chi connectivity index (χ2v) is 11.1. The third-order valence-corrected chi connectivity index (χ3v) is 9.34. The second kappa shape index (κ2) is 8.27. The predicted octanol–water partition coefficient (Wildman–Crippen LogP) is 5.57. The van der Waals surface area contributed by atoms with E-state index in [-0.39, 0.29) is 29.0 Å². The average Bonchev–Trinajstić information content (AvgIpc) is 2.93. The van der Waals surface area contributed by atoms with Crippen molar-refractivity contribution in [3.05, 3.63) is 11.8 Å². The molecule has 6 atom stereocenters. The van der Waals surface area contributed by atoms with Gasteiger partial charge in [0.1, 0.15) is 5.76 Å². The standard InChI is InChI=1S/C20H27F3O5S.C2H6/c1-18-10-8-17(24)27-11-12(18)3-4-13-14-5-6-16(19(14,2)9-7-15(13)18)28-29(25,26)20(21,22)23;1-2/h6,12-15H,3-5,7-11H2,1-2H3;1-2H3. The first-order valence-corrected chi connectivity index (χ1v) is 12.7. The van der Waals surface area contributed by atoms with E-state index in [9.17, 15) is 26.4 Å². The summed E-state index contributed by atoms with van der Waals surface area (Å²) in [5.41, 5.74) is -6.18. The highest BCUT2D eigenvalue weighted by atomic mass is 32.2. The van der Waals surface area contributed by atoms with Crippen molar-refractivity contribution in [1.29, 1.82) is 0 Å². The van der Waals surface area contributed by atoms with E-state index in [2.05, 4.69) is 11.1 Å². The number of esters is 1. The Morgan fingerprint density at radius 1 is 1.10 bits per heavy atom. The van der Waals surface area contributed by atoms with Crippen LogP contribution in [0.5, 0.6) is 0 Å².